The van der Waals surface area contributed by atoms with Crippen LogP contribution in [0.3, 0.4) is 0 Å². The molecule has 1 aliphatic heterocycles. The number of hydrogen-bond donors (Lipinski definition) is 0. The lowest BCUT2D eigenvalue weighted by Gasteiger charge is -2.36. The summed E-state index contributed by atoms with van der Waals surface area (Å²) in [6.45, 7) is 18.5. The molecule has 4 aromatic carbocycles. The first-order valence-corrected chi connectivity index (χ1v) is 23.1. The van der Waals surface area contributed by atoms with Crippen LogP contribution in [-0.4, -0.2) is 82.9 Å². The molecule has 12 nitrogen and oxygen atoms in total. The number of anilines is 1. The minimum absolute atomic E-state index is 0.211. The van der Waals surface area contributed by atoms with E-state index in [1.54, 1.807) is 4.90 Å². The van der Waals surface area contributed by atoms with Gasteiger partial charge in [-0.1, -0.05) is 60.7 Å². The van der Waals surface area contributed by atoms with Gasteiger partial charge in [0.2, 0.25) is 0 Å². The zero-order valence-electron chi connectivity index (χ0n) is 39.1. The molecule has 0 N–H and O–H groups in total. The highest BCUT2D eigenvalue weighted by Gasteiger charge is 2.29. The maximum Gasteiger partial charge on any atom is 0.410 e. The summed E-state index contributed by atoms with van der Waals surface area (Å²) in [6, 6.07) is 28.8. The molecule has 3 heterocycles. The summed E-state index contributed by atoms with van der Waals surface area (Å²) in [4.78, 5) is 30.9. The molecule has 0 unspecified atom stereocenters. The molecule has 0 bridgehead atoms. The lowest BCUT2D eigenvalue weighted by atomic mass is 9.98. The third-order valence-electron chi connectivity index (χ3n) is 11.7. The first-order valence-electron chi connectivity index (χ1n) is 23.1. The van der Waals surface area contributed by atoms with Crippen molar-refractivity contribution in [1.29, 1.82) is 0 Å². The molecule has 1 amide bonds. The van der Waals surface area contributed by atoms with Crippen LogP contribution in [0.1, 0.15) is 87.7 Å². The number of benzene rings is 4. The molecular formula is C53H65N5O7. The fourth-order valence-electron chi connectivity index (χ4n) is 8.68. The summed E-state index contributed by atoms with van der Waals surface area (Å²) in [5.41, 5.74) is 6.59. The number of piperazine rings is 1. The van der Waals surface area contributed by atoms with Gasteiger partial charge in [-0.25, -0.2) is 9.59 Å². The monoisotopic (exact) mass is 883 g/mol. The number of hydrogen-bond acceptors (Lipinski definition) is 9. The van der Waals surface area contributed by atoms with Gasteiger partial charge in [0.15, 0.2) is 0 Å². The molecule has 0 aliphatic carbocycles. The van der Waals surface area contributed by atoms with Crippen LogP contribution in [0, 0.1) is 0 Å². The number of esters is 1. The highest BCUT2D eigenvalue weighted by molar-refractivity contribution is 6.05. The Kier molecular flexibility index (Phi) is 15.5. The van der Waals surface area contributed by atoms with Crippen molar-refractivity contribution in [2.24, 2.45) is 7.05 Å². The quantitative estimate of drug-likeness (QED) is 0.0420. The SMILES string of the molecule is C=CCCCCn1c(C(=O)OCC)c(CCCOc2cccc3ccccc23)c2cccc(-c3c(COc4ccc(N5CCN(C(=O)OC(C)(C)C)CC5)cc4)nn(C)c3COCC)c21. The average Bonchev–Trinajstić information content (AvgIpc) is 3.80. The number of para-hydroxylation sites is 1. The molecule has 7 rings (SSSR count). The molecule has 65 heavy (non-hydrogen) atoms. The van der Waals surface area contributed by atoms with Crippen LogP contribution in [0.25, 0.3) is 32.8 Å². The Bertz CT molecular complexity index is 2560. The number of unbranched alkanes of at least 4 members (excludes halogenated alkanes) is 2. The van der Waals surface area contributed by atoms with Crippen LogP contribution >= 0.6 is 0 Å². The first-order chi connectivity index (χ1) is 31.5. The molecule has 0 saturated carbocycles. The van der Waals surface area contributed by atoms with Gasteiger partial charge in [-0.2, -0.15) is 5.10 Å². The van der Waals surface area contributed by atoms with E-state index < -0.39 is 5.60 Å². The highest BCUT2D eigenvalue weighted by atomic mass is 16.6. The van der Waals surface area contributed by atoms with E-state index in [4.69, 9.17) is 28.8 Å². The number of aryl methyl sites for hydroxylation is 3. The molecule has 2 aromatic heterocycles. The molecule has 1 saturated heterocycles. The topological polar surface area (TPSA) is 110 Å². The van der Waals surface area contributed by atoms with E-state index in [1.807, 2.05) is 88.8 Å². The van der Waals surface area contributed by atoms with E-state index in [0.717, 1.165) is 80.5 Å². The van der Waals surface area contributed by atoms with Gasteiger partial charge in [-0.15, -0.1) is 6.58 Å². The van der Waals surface area contributed by atoms with Gasteiger partial charge in [0.05, 0.1) is 31.0 Å². The van der Waals surface area contributed by atoms with Gasteiger partial charge in [0.25, 0.3) is 0 Å². The molecule has 6 aromatic rings. The van der Waals surface area contributed by atoms with Gasteiger partial charge in [-0.3, -0.25) is 4.68 Å². The Morgan fingerprint density at radius 2 is 1.55 bits per heavy atom. The molecule has 1 fully saturated rings. The predicted molar refractivity (Wildman–Crippen MR) is 258 cm³/mol. The summed E-state index contributed by atoms with van der Waals surface area (Å²) in [5, 5.41) is 8.26. The fourth-order valence-corrected chi connectivity index (χ4v) is 8.68. The largest absolute Gasteiger partial charge is 0.493 e. The number of allylic oxidation sites excluding steroid dienone is 1. The van der Waals surface area contributed by atoms with Gasteiger partial charge in [-0.05, 0) is 108 Å². The Morgan fingerprint density at radius 1 is 0.815 bits per heavy atom. The van der Waals surface area contributed by atoms with Crippen LogP contribution in [-0.2, 0) is 47.4 Å². The predicted octanol–water partition coefficient (Wildman–Crippen LogP) is 10.9. The molecule has 1 aliphatic rings. The second kappa shape index (κ2) is 21.6. The third kappa shape index (κ3) is 11.2. The number of aromatic nitrogens is 3. The minimum atomic E-state index is -0.526. The van der Waals surface area contributed by atoms with Crippen molar-refractivity contribution in [3.05, 3.63) is 120 Å². The van der Waals surface area contributed by atoms with Crippen molar-refractivity contribution < 1.29 is 33.3 Å². The second-order valence-corrected chi connectivity index (χ2v) is 17.4. The van der Waals surface area contributed by atoms with E-state index >= 15 is 0 Å². The van der Waals surface area contributed by atoms with Crippen LogP contribution in [0.5, 0.6) is 11.5 Å². The zero-order chi connectivity index (χ0) is 45.9. The molecule has 12 heteroatoms. The van der Waals surface area contributed by atoms with Crippen LogP contribution < -0.4 is 14.4 Å². The van der Waals surface area contributed by atoms with Crippen LogP contribution in [0.2, 0.25) is 0 Å². The van der Waals surface area contributed by atoms with Gasteiger partial charge in [0, 0.05) is 74.0 Å². The zero-order valence-corrected chi connectivity index (χ0v) is 39.1. The fraction of sp³-hybridized carbons (Fsp3) is 0.415. The summed E-state index contributed by atoms with van der Waals surface area (Å²) in [6.07, 6.45) is 5.64. The van der Waals surface area contributed by atoms with Crippen molar-refractivity contribution >= 4 is 39.4 Å². The van der Waals surface area contributed by atoms with Gasteiger partial charge < -0.3 is 38.1 Å². The van der Waals surface area contributed by atoms with Crippen molar-refractivity contribution in [3.63, 3.8) is 0 Å². The molecule has 0 radical (unpaired) electrons. The maximum atomic E-state index is 14.2. The molecule has 0 spiro atoms. The average molecular weight is 884 g/mol. The summed E-state index contributed by atoms with van der Waals surface area (Å²) >= 11 is 0. The number of fused-ring (bicyclic) bond motifs is 2. The Balaban J connectivity index is 1.19. The van der Waals surface area contributed by atoms with Crippen molar-refractivity contribution in [2.75, 3.05) is 50.9 Å². The Morgan fingerprint density at radius 3 is 2.29 bits per heavy atom. The number of carbonyl (C=O) groups is 2. The normalized spacial score (nSPS) is 13.1. The van der Waals surface area contributed by atoms with E-state index in [9.17, 15) is 9.59 Å². The minimum Gasteiger partial charge on any atom is -0.493 e. The molecule has 344 valence electrons. The lowest BCUT2D eigenvalue weighted by Crippen LogP contribution is -2.50. The summed E-state index contributed by atoms with van der Waals surface area (Å²) in [5.74, 6) is 1.23. The van der Waals surface area contributed by atoms with E-state index in [0.29, 0.717) is 76.8 Å². The molecule has 0 atom stereocenters. The van der Waals surface area contributed by atoms with E-state index in [1.165, 1.54) is 0 Å². The Hall–Kier alpha value is -6.27. The summed E-state index contributed by atoms with van der Waals surface area (Å²) < 4.78 is 34.5. The van der Waals surface area contributed by atoms with Gasteiger partial charge in [0.1, 0.15) is 35.1 Å². The van der Waals surface area contributed by atoms with E-state index in [-0.39, 0.29) is 25.3 Å². The first kappa shape index (κ1) is 46.7. The number of ether oxygens (including phenoxy) is 5. The molecular weight excluding hydrogens is 819 g/mol. The third-order valence-corrected chi connectivity index (χ3v) is 11.7. The van der Waals surface area contributed by atoms with E-state index in [2.05, 4.69) is 64.6 Å². The number of carbonyl (C=O) groups excluding carboxylic acids is 2. The highest BCUT2D eigenvalue weighted by Crippen LogP contribution is 2.40. The standard InChI is InChI=1S/C53H65N5O7/c1-8-11-12-15-30-58-49-42(43(50(58)51(59)62-10-3)24-18-35-63-47-25-16-20-38-19-13-14-21-41(38)47)22-17-23-44(49)48-45(54-55(7)46(48)37-61-9-2)36-64-40-28-26-39(27-29-40)56-31-33-57(34-32-56)52(60)65-53(4,5)6/h8,13-14,16-17,19-23,25-29H,1,9-12,15,18,24,30-37H2,2-7H3. The second-order valence-electron chi connectivity index (χ2n) is 17.4. The van der Waals surface area contributed by atoms with Crippen molar-refractivity contribution in [1.82, 2.24) is 19.2 Å². The number of nitrogens with zero attached hydrogens (tertiary/aromatic N) is 5. The number of rotatable bonds is 20. The lowest BCUT2D eigenvalue weighted by molar-refractivity contribution is 0.0240. The van der Waals surface area contributed by atoms with Gasteiger partial charge >= 0.3 is 12.1 Å². The Labute approximate surface area is 383 Å². The van der Waals surface area contributed by atoms with Crippen LogP contribution in [0.4, 0.5) is 10.5 Å². The van der Waals surface area contributed by atoms with Crippen LogP contribution in [0.15, 0.2) is 97.6 Å². The smallest absolute Gasteiger partial charge is 0.410 e. The van der Waals surface area contributed by atoms with Crippen molar-refractivity contribution in [3.8, 4) is 22.6 Å². The van der Waals surface area contributed by atoms with Crippen molar-refractivity contribution in [2.45, 2.75) is 92.1 Å². The number of amides is 1. The summed E-state index contributed by atoms with van der Waals surface area (Å²) in [7, 11) is 1.94. The maximum absolute atomic E-state index is 14.2.